The van der Waals surface area contributed by atoms with Gasteiger partial charge < -0.3 is 5.32 Å². The number of sulfonamides is 1. The van der Waals surface area contributed by atoms with Gasteiger partial charge in [-0.05, 0) is 39.8 Å². The molecule has 0 radical (unpaired) electrons. The molecule has 0 aromatic carbocycles. The highest BCUT2D eigenvalue weighted by Crippen LogP contribution is 2.11. The molecule has 1 fully saturated rings. The predicted molar refractivity (Wildman–Crippen MR) is 70.6 cm³/mol. The number of rotatable bonds is 7. The zero-order valence-corrected chi connectivity index (χ0v) is 11.9. The summed E-state index contributed by atoms with van der Waals surface area (Å²) in [6, 6.07) is 1.18. The van der Waals surface area contributed by atoms with Gasteiger partial charge in [0.1, 0.15) is 0 Å². The lowest BCUT2D eigenvalue weighted by molar-refractivity contribution is 0.268. The minimum absolute atomic E-state index is 0.520. The van der Waals surface area contributed by atoms with Gasteiger partial charge in [0.2, 0.25) is 10.0 Å². The molecule has 2 N–H and O–H groups in total. The molecule has 1 unspecified atom stereocenters. The first-order valence-electron chi connectivity index (χ1n) is 6.30. The Labute approximate surface area is 105 Å². The van der Waals surface area contributed by atoms with Crippen molar-refractivity contribution in [2.45, 2.75) is 38.8 Å². The molecular weight excluding hydrogens is 238 g/mol. The van der Waals surface area contributed by atoms with Crippen molar-refractivity contribution in [2.24, 2.45) is 0 Å². The first kappa shape index (κ1) is 14.9. The van der Waals surface area contributed by atoms with E-state index < -0.39 is 10.0 Å². The summed E-state index contributed by atoms with van der Waals surface area (Å²) in [5, 5.41) is 3.48. The van der Waals surface area contributed by atoms with Gasteiger partial charge in [0.25, 0.3) is 0 Å². The van der Waals surface area contributed by atoms with Crippen LogP contribution >= 0.6 is 0 Å². The van der Waals surface area contributed by atoms with Crippen molar-refractivity contribution in [3.05, 3.63) is 0 Å². The van der Waals surface area contributed by atoms with Crippen LogP contribution in [-0.2, 0) is 10.0 Å². The fourth-order valence-corrected chi connectivity index (χ4v) is 2.59. The Kier molecular flexibility index (Phi) is 5.85. The number of nitrogens with zero attached hydrogens (tertiary/aromatic N) is 1. The van der Waals surface area contributed by atoms with Crippen LogP contribution in [0.4, 0.5) is 0 Å². The van der Waals surface area contributed by atoms with Crippen molar-refractivity contribution in [3.63, 3.8) is 0 Å². The van der Waals surface area contributed by atoms with Gasteiger partial charge in [-0.3, -0.25) is 4.90 Å². The van der Waals surface area contributed by atoms with Gasteiger partial charge in [0, 0.05) is 25.2 Å². The maximum Gasteiger partial charge on any atom is 0.208 e. The summed E-state index contributed by atoms with van der Waals surface area (Å²) < 4.78 is 24.2. The molecule has 0 aromatic rings. The highest BCUT2D eigenvalue weighted by molar-refractivity contribution is 7.88. The van der Waals surface area contributed by atoms with Crippen LogP contribution in [0, 0.1) is 0 Å². The van der Waals surface area contributed by atoms with E-state index in [2.05, 4.69) is 28.8 Å². The smallest absolute Gasteiger partial charge is 0.208 e. The quantitative estimate of drug-likeness (QED) is 0.635. The van der Waals surface area contributed by atoms with Crippen molar-refractivity contribution in [2.75, 3.05) is 32.4 Å². The van der Waals surface area contributed by atoms with Crippen LogP contribution < -0.4 is 10.0 Å². The lowest BCUT2D eigenvalue weighted by Crippen LogP contribution is -2.36. The highest BCUT2D eigenvalue weighted by atomic mass is 32.2. The van der Waals surface area contributed by atoms with Crippen LogP contribution in [0.2, 0.25) is 0 Å². The number of nitrogens with one attached hydrogen (secondary N) is 2. The minimum Gasteiger partial charge on any atom is -0.313 e. The molecule has 0 spiro atoms. The Morgan fingerprint density at radius 3 is 2.59 bits per heavy atom. The molecule has 1 heterocycles. The topological polar surface area (TPSA) is 61.4 Å². The summed E-state index contributed by atoms with van der Waals surface area (Å²) in [6.45, 7) is 8.11. The molecule has 0 aromatic heterocycles. The second-order valence-electron chi connectivity index (χ2n) is 5.05. The van der Waals surface area contributed by atoms with Crippen LogP contribution in [0.1, 0.15) is 26.7 Å². The highest BCUT2D eigenvalue weighted by Gasteiger charge is 2.23. The summed E-state index contributed by atoms with van der Waals surface area (Å²) in [5.74, 6) is 0. The van der Waals surface area contributed by atoms with E-state index in [4.69, 9.17) is 0 Å². The summed E-state index contributed by atoms with van der Waals surface area (Å²) in [6.07, 6.45) is 3.22. The van der Waals surface area contributed by atoms with E-state index in [1.54, 1.807) is 0 Å². The normalized spacial score (nSPS) is 22.5. The third kappa shape index (κ3) is 6.35. The maximum absolute atomic E-state index is 10.8. The van der Waals surface area contributed by atoms with Crippen LogP contribution in [0.3, 0.4) is 0 Å². The van der Waals surface area contributed by atoms with Crippen LogP contribution in [0.5, 0.6) is 0 Å². The summed E-state index contributed by atoms with van der Waals surface area (Å²) in [7, 11) is -3.03. The monoisotopic (exact) mass is 263 g/mol. The van der Waals surface area contributed by atoms with Gasteiger partial charge >= 0.3 is 0 Å². The molecule has 1 atom stereocenters. The average molecular weight is 263 g/mol. The minimum atomic E-state index is -3.03. The zero-order chi connectivity index (χ0) is 12.9. The molecule has 17 heavy (non-hydrogen) atoms. The predicted octanol–water partition coefficient (Wildman–Crippen LogP) is -0.00200. The van der Waals surface area contributed by atoms with Crippen molar-refractivity contribution in [3.8, 4) is 0 Å². The molecule has 5 nitrogen and oxygen atoms in total. The molecule has 1 aliphatic heterocycles. The lowest BCUT2D eigenvalue weighted by atomic mass is 10.2. The molecule has 6 heteroatoms. The first-order chi connectivity index (χ1) is 7.88. The fourth-order valence-electron chi connectivity index (χ4n) is 2.08. The summed E-state index contributed by atoms with van der Waals surface area (Å²) in [5.41, 5.74) is 0. The van der Waals surface area contributed by atoms with E-state index in [9.17, 15) is 8.42 Å². The number of hydrogen-bond donors (Lipinski definition) is 2. The van der Waals surface area contributed by atoms with Gasteiger partial charge in [0.05, 0.1) is 6.26 Å². The molecule has 0 aliphatic carbocycles. The molecule has 1 aliphatic rings. The van der Waals surface area contributed by atoms with E-state index in [0.29, 0.717) is 18.6 Å². The van der Waals surface area contributed by atoms with Gasteiger partial charge in [-0.15, -0.1) is 0 Å². The summed E-state index contributed by atoms with van der Waals surface area (Å²) in [4.78, 5) is 2.46. The van der Waals surface area contributed by atoms with Crippen molar-refractivity contribution in [1.29, 1.82) is 0 Å². The van der Waals surface area contributed by atoms with E-state index in [1.165, 1.54) is 12.7 Å². The second-order valence-corrected chi connectivity index (χ2v) is 6.88. The number of hydrogen-bond acceptors (Lipinski definition) is 4. The molecule has 0 amide bonds. The molecule has 1 saturated heterocycles. The summed E-state index contributed by atoms with van der Waals surface area (Å²) >= 11 is 0. The van der Waals surface area contributed by atoms with Crippen molar-refractivity contribution < 1.29 is 8.42 Å². The van der Waals surface area contributed by atoms with E-state index in [1.807, 2.05) is 0 Å². The zero-order valence-electron chi connectivity index (χ0n) is 11.1. The third-order valence-corrected chi connectivity index (χ3v) is 3.83. The Morgan fingerprint density at radius 2 is 2.06 bits per heavy atom. The van der Waals surface area contributed by atoms with Crippen LogP contribution in [0.15, 0.2) is 0 Å². The van der Waals surface area contributed by atoms with E-state index >= 15 is 0 Å². The fraction of sp³-hybridized carbons (Fsp3) is 1.00. The maximum atomic E-state index is 10.8. The number of likely N-dealkylation sites (tertiary alicyclic amines) is 1. The SMILES string of the molecule is CC(C)N1CCC(NCCCNS(C)(=O)=O)C1. The lowest BCUT2D eigenvalue weighted by Gasteiger charge is -2.20. The molecule has 102 valence electrons. The van der Waals surface area contributed by atoms with Gasteiger partial charge in [-0.1, -0.05) is 0 Å². The van der Waals surface area contributed by atoms with Gasteiger partial charge in [-0.25, -0.2) is 13.1 Å². The standard InChI is InChI=1S/C11H25N3O2S/c1-10(2)14-8-5-11(9-14)12-6-4-7-13-17(3,15)16/h10-13H,4-9H2,1-3H3. The van der Waals surface area contributed by atoms with Gasteiger partial charge in [-0.2, -0.15) is 0 Å². The van der Waals surface area contributed by atoms with Crippen molar-refractivity contribution >= 4 is 10.0 Å². The Morgan fingerprint density at radius 1 is 1.35 bits per heavy atom. The molecular formula is C11H25N3O2S. The van der Waals surface area contributed by atoms with Crippen molar-refractivity contribution in [1.82, 2.24) is 14.9 Å². The molecule has 0 bridgehead atoms. The van der Waals surface area contributed by atoms with Crippen LogP contribution in [-0.4, -0.2) is 57.8 Å². The van der Waals surface area contributed by atoms with Crippen LogP contribution in [0.25, 0.3) is 0 Å². The first-order valence-corrected chi connectivity index (χ1v) is 8.19. The third-order valence-electron chi connectivity index (χ3n) is 3.10. The Bertz CT molecular complexity index is 317. The Balaban J connectivity index is 2.05. The largest absolute Gasteiger partial charge is 0.313 e. The van der Waals surface area contributed by atoms with E-state index in [0.717, 1.165) is 26.1 Å². The van der Waals surface area contributed by atoms with E-state index in [-0.39, 0.29) is 0 Å². The van der Waals surface area contributed by atoms with Gasteiger partial charge in [0.15, 0.2) is 0 Å². The second kappa shape index (κ2) is 6.68. The molecule has 1 rings (SSSR count). The average Bonchev–Trinajstić information content (AvgIpc) is 2.64. The Hall–Kier alpha value is -0.170. The molecule has 0 saturated carbocycles.